The number of hydrogen-bond donors (Lipinski definition) is 0. The first-order valence-electron chi connectivity index (χ1n) is 11.5. The number of rotatable bonds is 4. The zero-order chi connectivity index (χ0) is 23.0. The van der Waals surface area contributed by atoms with Crippen LogP contribution >= 0.6 is 0 Å². The van der Waals surface area contributed by atoms with Crippen LogP contribution in [0.1, 0.15) is 22.3 Å². The molecule has 0 fully saturated rings. The van der Waals surface area contributed by atoms with E-state index in [0.29, 0.717) is 0 Å². The molecule has 0 saturated carbocycles. The Balaban J connectivity index is 1.76. The van der Waals surface area contributed by atoms with Crippen molar-refractivity contribution < 1.29 is 0 Å². The van der Waals surface area contributed by atoms with E-state index in [1.807, 2.05) is 0 Å². The Morgan fingerprint density at radius 3 is 1.75 bits per heavy atom. The van der Waals surface area contributed by atoms with Crippen LogP contribution in [0.3, 0.4) is 0 Å². The van der Waals surface area contributed by atoms with E-state index in [-0.39, 0.29) is 0 Å². The summed E-state index contributed by atoms with van der Waals surface area (Å²) in [6.07, 6.45) is 0. The van der Waals surface area contributed by atoms with E-state index in [9.17, 15) is 0 Å². The first kappa shape index (κ1) is 22.3. The molecule has 1 heteroatoms. The summed E-state index contributed by atoms with van der Waals surface area (Å²) in [6, 6.07) is 29.2. The summed E-state index contributed by atoms with van der Waals surface area (Å²) in [5.74, 6) is 0. The summed E-state index contributed by atoms with van der Waals surface area (Å²) in [5, 5.41) is 1.58. The summed E-state index contributed by atoms with van der Waals surface area (Å²) >= 11 is 0. The van der Waals surface area contributed by atoms with E-state index in [4.69, 9.17) is 0 Å². The molecule has 32 heavy (non-hydrogen) atoms. The van der Waals surface area contributed by atoms with Gasteiger partial charge in [0.2, 0.25) is 0 Å². The molecule has 0 unspecified atom stereocenters. The first-order valence-corrected chi connectivity index (χ1v) is 15.0. The quantitative estimate of drug-likeness (QED) is 0.283. The van der Waals surface area contributed by atoms with Crippen LogP contribution in [0.4, 0.5) is 0 Å². The van der Waals surface area contributed by atoms with Crippen LogP contribution in [-0.4, -0.2) is 8.07 Å². The molecule has 4 aromatic rings. The van der Waals surface area contributed by atoms with E-state index >= 15 is 0 Å². The molecule has 0 atom stereocenters. The van der Waals surface area contributed by atoms with Gasteiger partial charge in [-0.2, -0.15) is 0 Å². The number of hydrogen-bond acceptors (Lipinski definition) is 0. The van der Waals surface area contributed by atoms with Gasteiger partial charge < -0.3 is 0 Å². The highest BCUT2D eigenvalue weighted by molar-refractivity contribution is 6.90. The Kier molecular flexibility index (Phi) is 5.96. The van der Waals surface area contributed by atoms with Crippen molar-refractivity contribution >= 4 is 13.3 Å². The predicted octanol–water partition coefficient (Wildman–Crippen LogP) is 8.47. The van der Waals surface area contributed by atoms with Gasteiger partial charge in [-0.15, -0.1) is 0 Å². The maximum absolute atomic E-state index is 2.45. The molecule has 0 radical (unpaired) electrons. The highest BCUT2D eigenvalue weighted by Gasteiger charge is 2.24. The Labute approximate surface area is 195 Å². The van der Waals surface area contributed by atoms with Crippen molar-refractivity contribution in [2.45, 2.75) is 47.3 Å². The third-order valence-corrected chi connectivity index (χ3v) is 8.81. The average molecular weight is 435 g/mol. The van der Waals surface area contributed by atoms with Gasteiger partial charge in [-0.1, -0.05) is 110 Å². The van der Waals surface area contributed by atoms with Crippen molar-refractivity contribution in [3.63, 3.8) is 0 Å². The normalized spacial score (nSPS) is 11.6. The molecule has 0 amide bonds. The summed E-state index contributed by atoms with van der Waals surface area (Å²) < 4.78 is 0. The van der Waals surface area contributed by atoms with Crippen LogP contribution in [0.25, 0.3) is 33.4 Å². The third kappa shape index (κ3) is 4.22. The molecule has 0 saturated heterocycles. The van der Waals surface area contributed by atoms with Crippen molar-refractivity contribution in [3.05, 3.63) is 101 Å². The van der Waals surface area contributed by atoms with Gasteiger partial charge in [0.05, 0.1) is 8.07 Å². The number of aryl methyl sites for hydroxylation is 2. The van der Waals surface area contributed by atoms with Gasteiger partial charge in [-0.3, -0.25) is 0 Å². The zero-order valence-corrected chi connectivity index (χ0v) is 21.5. The summed E-state index contributed by atoms with van der Waals surface area (Å²) in [6.45, 7) is 16.3. The van der Waals surface area contributed by atoms with E-state index in [2.05, 4.69) is 126 Å². The molecule has 4 rings (SSSR count). The Morgan fingerprint density at radius 1 is 0.500 bits per heavy atom. The van der Waals surface area contributed by atoms with Crippen molar-refractivity contribution in [2.24, 2.45) is 0 Å². The van der Waals surface area contributed by atoms with Crippen molar-refractivity contribution in [2.75, 3.05) is 0 Å². The number of benzene rings is 4. The molecule has 0 bridgehead atoms. The highest BCUT2D eigenvalue weighted by atomic mass is 28.3. The molecule has 0 aromatic heterocycles. The second-order valence-corrected chi connectivity index (χ2v) is 15.1. The van der Waals surface area contributed by atoms with Gasteiger partial charge >= 0.3 is 0 Å². The first-order chi connectivity index (χ1) is 15.2. The molecule has 0 spiro atoms. The van der Waals surface area contributed by atoms with Gasteiger partial charge in [-0.25, -0.2) is 0 Å². The Bertz CT molecular complexity index is 1270. The smallest absolute Gasteiger partial charge is 0.0656 e. The van der Waals surface area contributed by atoms with E-state index < -0.39 is 8.07 Å². The molecule has 0 aliphatic rings. The maximum atomic E-state index is 2.45. The molecule has 0 nitrogen and oxygen atoms in total. The lowest BCUT2D eigenvalue weighted by atomic mass is 9.89. The van der Waals surface area contributed by atoms with Crippen LogP contribution in [0.2, 0.25) is 19.6 Å². The molecule has 4 aromatic carbocycles. The standard InChI is InChI=1S/C31H34Si/c1-21-10-8-12-27(20-21)25-14-16-26(17-15-25)28-18-19-29(24(4)23(28)3)30-13-9-11-22(2)31(30)32(5,6)7/h8-20H,1-7H3. The zero-order valence-electron chi connectivity index (χ0n) is 20.5. The molecular formula is C31H34Si. The molecule has 0 N–H and O–H groups in total. The van der Waals surface area contributed by atoms with Gasteiger partial charge in [-0.05, 0) is 77.4 Å². The minimum absolute atomic E-state index is 1.27. The highest BCUT2D eigenvalue weighted by Crippen LogP contribution is 2.34. The van der Waals surface area contributed by atoms with Gasteiger partial charge in [0.15, 0.2) is 0 Å². The minimum atomic E-state index is -1.47. The fraction of sp³-hybridized carbons (Fsp3) is 0.226. The second-order valence-electron chi connectivity index (χ2n) is 10.1. The summed E-state index contributed by atoms with van der Waals surface area (Å²) in [7, 11) is -1.47. The topological polar surface area (TPSA) is 0 Å². The van der Waals surface area contributed by atoms with Crippen LogP contribution in [0, 0.1) is 27.7 Å². The van der Waals surface area contributed by atoms with Crippen molar-refractivity contribution in [1.82, 2.24) is 0 Å². The second kappa shape index (κ2) is 8.56. The van der Waals surface area contributed by atoms with E-state index in [0.717, 1.165) is 0 Å². The molecule has 0 aliphatic carbocycles. The van der Waals surface area contributed by atoms with E-state index in [1.54, 1.807) is 5.19 Å². The molecule has 162 valence electrons. The van der Waals surface area contributed by atoms with Crippen LogP contribution in [0.15, 0.2) is 78.9 Å². The predicted molar refractivity (Wildman–Crippen MR) is 145 cm³/mol. The monoisotopic (exact) mass is 434 g/mol. The van der Waals surface area contributed by atoms with E-state index in [1.165, 1.54) is 55.6 Å². The van der Waals surface area contributed by atoms with Gasteiger partial charge in [0.1, 0.15) is 0 Å². The fourth-order valence-electron chi connectivity index (χ4n) is 4.98. The Morgan fingerprint density at radius 2 is 1.09 bits per heavy atom. The SMILES string of the molecule is Cc1cccc(-c2ccc(-c3ccc(-c4cccc(C)c4[Si](C)(C)C)c(C)c3C)cc2)c1. The molecule has 0 heterocycles. The maximum Gasteiger partial charge on any atom is 0.0787 e. The van der Waals surface area contributed by atoms with Crippen molar-refractivity contribution in [3.8, 4) is 33.4 Å². The summed E-state index contributed by atoms with van der Waals surface area (Å²) in [5.41, 5.74) is 13.4. The lowest BCUT2D eigenvalue weighted by molar-refractivity contribution is 1.34. The largest absolute Gasteiger partial charge is 0.0787 e. The summed E-state index contributed by atoms with van der Waals surface area (Å²) in [4.78, 5) is 0. The minimum Gasteiger partial charge on any atom is -0.0656 e. The van der Waals surface area contributed by atoms with Gasteiger partial charge in [0.25, 0.3) is 0 Å². The molecule has 0 aliphatic heterocycles. The third-order valence-electron chi connectivity index (χ3n) is 6.65. The van der Waals surface area contributed by atoms with Crippen LogP contribution < -0.4 is 5.19 Å². The van der Waals surface area contributed by atoms with Crippen LogP contribution in [0.5, 0.6) is 0 Å². The van der Waals surface area contributed by atoms with Crippen molar-refractivity contribution in [1.29, 1.82) is 0 Å². The molecular weight excluding hydrogens is 400 g/mol. The van der Waals surface area contributed by atoms with Crippen LogP contribution in [-0.2, 0) is 0 Å². The lowest BCUT2D eigenvalue weighted by Crippen LogP contribution is -2.41. The Hall–Kier alpha value is -2.90. The fourth-order valence-corrected chi connectivity index (χ4v) is 7.27. The van der Waals surface area contributed by atoms with Gasteiger partial charge in [0, 0.05) is 0 Å². The lowest BCUT2D eigenvalue weighted by Gasteiger charge is -2.25. The average Bonchev–Trinajstić information content (AvgIpc) is 2.75.